The fourth-order valence-electron chi connectivity index (χ4n) is 1.63. The molecule has 0 aromatic heterocycles. The first kappa shape index (κ1) is 14.4. The van der Waals surface area contributed by atoms with Crippen LogP contribution >= 0.6 is 0 Å². The highest BCUT2D eigenvalue weighted by molar-refractivity contribution is 5.83. The van der Waals surface area contributed by atoms with Gasteiger partial charge in [0.15, 0.2) is 0 Å². The third-order valence-corrected chi connectivity index (χ3v) is 3.44. The Morgan fingerprint density at radius 3 is 2.20 bits per heavy atom. The summed E-state index contributed by atoms with van der Waals surface area (Å²) in [7, 11) is 1.72. The van der Waals surface area contributed by atoms with Crippen molar-refractivity contribution >= 4 is 5.91 Å². The Hall–Kier alpha value is -0.610. The lowest BCUT2D eigenvalue weighted by molar-refractivity contribution is -0.143. The van der Waals surface area contributed by atoms with E-state index in [1.54, 1.807) is 11.9 Å². The van der Waals surface area contributed by atoms with E-state index >= 15 is 0 Å². The summed E-state index contributed by atoms with van der Waals surface area (Å²) in [4.78, 5) is 13.8. The molecule has 0 aromatic carbocycles. The van der Waals surface area contributed by atoms with E-state index < -0.39 is 5.41 Å². The SMILES string of the molecule is CCC(CC)(CN)C(=O)N(C)C(C)CO. The van der Waals surface area contributed by atoms with Gasteiger partial charge in [0, 0.05) is 13.6 Å². The smallest absolute Gasteiger partial charge is 0.230 e. The number of hydrogen-bond donors (Lipinski definition) is 2. The monoisotopic (exact) mass is 216 g/mol. The molecule has 0 aliphatic carbocycles. The molecule has 15 heavy (non-hydrogen) atoms. The van der Waals surface area contributed by atoms with Gasteiger partial charge in [-0.15, -0.1) is 0 Å². The normalized spacial score (nSPS) is 13.7. The molecule has 4 nitrogen and oxygen atoms in total. The van der Waals surface area contributed by atoms with Crippen LogP contribution in [0, 0.1) is 5.41 Å². The highest BCUT2D eigenvalue weighted by atomic mass is 16.3. The van der Waals surface area contributed by atoms with Crippen LogP contribution in [0.4, 0.5) is 0 Å². The molecule has 1 atom stereocenters. The second-order valence-electron chi connectivity index (χ2n) is 4.14. The Bertz CT molecular complexity index is 194. The summed E-state index contributed by atoms with van der Waals surface area (Å²) >= 11 is 0. The molecule has 4 heteroatoms. The van der Waals surface area contributed by atoms with Crippen molar-refractivity contribution in [3.63, 3.8) is 0 Å². The molecule has 0 spiro atoms. The minimum Gasteiger partial charge on any atom is -0.394 e. The van der Waals surface area contributed by atoms with Gasteiger partial charge in [-0.05, 0) is 19.8 Å². The van der Waals surface area contributed by atoms with Crippen LogP contribution in [0.2, 0.25) is 0 Å². The van der Waals surface area contributed by atoms with Gasteiger partial charge in [0.1, 0.15) is 0 Å². The molecule has 1 unspecified atom stereocenters. The van der Waals surface area contributed by atoms with Crippen molar-refractivity contribution in [1.29, 1.82) is 0 Å². The molecule has 0 rings (SSSR count). The number of likely N-dealkylation sites (N-methyl/N-ethyl adjacent to an activating group) is 1. The highest BCUT2D eigenvalue weighted by Crippen LogP contribution is 2.27. The van der Waals surface area contributed by atoms with Gasteiger partial charge < -0.3 is 15.7 Å². The van der Waals surface area contributed by atoms with E-state index in [4.69, 9.17) is 10.8 Å². The molecule has 1 amide bonds. The average molecular weight is 216 g/mol. The number of rotatable bonds is 6. The number of aliphatic hydroxyl groups excluding tert-OH is 1. The Morgan fingerprint density at radius 2 is 1.93 bits per heavy atom. The molecule has 0 fully saturated rings. The lowest BCUT2D eigenvalue weighted by Crippen LogP contribution is -2.49. The Labute approximate surface area is 92.4 Å². The molecule has 0 aliphatic heterocycles. The van der Waals surface area contributed by atoms with E-state index in [1.807, 2.05) is 20.8 Å². The van der Waals surface area contributed by atoms with Crippen molar-refractivity contribution in [1.82, 2.24) is 4.90 Å². The Morgan fingerprint density at radius 1 is 1.47 bits per heavy atom. The lowest BCUT2D eigenvalue weighted by atomic mass is 9.81. The third kappa shape index (κ3) is 2.92. The average Bonchev–Trinajstić information content (AvgIpc) is 2.29. The summed E-state index contributed by atoms with van der Waals surface area (Å²) in [5, 5.41) is 9.01. The number of amides is 1. The zero-order valence-corrected chi connectivity index (χ0v) is 10.3. The van der Waals surface area contributed by atoms with Crippen LogP contribution in [-0.2, 0) is 4.79 Å². The van der Waals surface area contributed by atoms with Crippen molar-refractivity contribution in [2.24, 2.45) is 11.1 Å². The second kappa shape index (κ2) is 6.08. The summed E-state index contributed by atoms with van der Waals surface area (Å²) in [6, 6.07) is -0.151. The van der Waals surface area contributed by atoms with Crippen molar-refractivity contribution in [3.8, 4) is 0 Å². The molecule has 0 bridgehead atoms. The van der Waals surface area contributed by atoms with Gasteiger partial charge in [-0.3, -0.25) is 4.79 Å². The fraction of sp³-hybridized carbons (Fsp3) is 0.909. The quantitative estimate of drug-likeness (QED) is 0.683. The summed E-state index contributed by atoms with van der Waals surface area (Å²) in [5.41, 5.74) is 5.24. The zero-order chi connectivity index (χ0) is 12.1. The number of carbonyl (C=O) groups excluding carboxylic acids is 1. The molecular weight excluding hydrogens is 192 g/mol. The predicted molar refractivity (Wildman–Crippen MR) is 61.4 cm³/mol. The standard InChI is InChI=1S/C11H24N2O2/c1-5-11(6-2,8-12)10(15)13(4)9(3)7-14/h9,14H,5-8,12H2,1-4H3. The van der Waals surface area contributed by atoms with E-state index in [0.29, 0.717) is 6.54 Å². The number of nitrogens with zero attached hydrogens (tertiary/aromatic N) is 1. The van der Waals surface area contributed by atoms with Crippen molar-refractivity contribution in [2.45, 2.75) is 39.7 Å². The number of carbonyl (C=O) groups is 1. The van der Waals surface area contributed by atoms with E-state index in [-0.39, 0.29) is 18.6 Å². The van der Waals surface area contributed by atoms with Gasteiger partial charge in [-0.25, -0.2) is 0 Å². The van der Waals surface area contributed by atoms with E-state index in [0.717, 1.165) is 12.8 Å². The number of aliphatic hydroxyl groups is 1. The van der Waals surface area contributed by atoms with Crippen LogP contribution in [-0.4, -0.2) is 42.2 Å². The number of nitrogens with two attached hydrogens (primary N) is 1. The third-order valence-electron chi connectivity index (χ3n) is 3.44. The first-order chi connectivity index (χ1) is 6.98. The van der Waals surface area contributed by atoms with Crippen LogP contribution in [0.5, 0.6) is 0 Å². The van der Waals surface area contributed by atoms with Gasteiger partial charge in [0.25, 0.3) is 0 Å². The summed E-state index contributed by atoms with van der Waals surface area (Å²) < 4.78 is 0. The van der Waals surface area contributed by atoms with Crippen LogP contribution in [0.25, 0.3) is 0 Å². The van der Waals surface area contributed by atoms with Crippen molar-refractivity contribution < 1.29 is 9.90 Å². The van der Waals surface area contributed by atoms with Crippen LogP contribution in [0.3, 0.4) is 0 Å². The first-order valence-corrected chi connectivity index (χ1v) is 5.57. The molecular formula is C11H24N2O2. The summed E-state index contributed by atoms with van der Waals surface area (Å²) in [5.74, 6) is 0.0385. The summed E-state index contributed by atoms with van der Waals surface area (Å²) in [6.45, 7) is 6.12. The van der Waals surface area contributed by atoms with Gasteiger partial charge in [-0.2, -0.15) is 0 Å². The van der Waals surface area contributed by atoms with Gasteiger partial charge >= 0.3 is 0 Å². The minimum absolute atomic E-state index is 0.0175. The Balaban J connectivity index is 4.78. The second-order valence-corrected chi connectivity index (χ2v) is 4.14. The molecule has 90 valence electrons. The van der Waals surface area contributed by atoms with E-state index in [9.17, 15) is 4.79 Å². The largest absolute Gasteiger partial charge is 0.394 e. The lowest BCUT2D eigenvalue weighted by Gasteiger charge is -2.35. The molecule has 0 aliphatic rings. The maximum atomic E-state index is 12.2. The maximum Gasteiger partial charge on any atom is 0.230 e. The van der Waals surface area contributed by atoms with Crippen molar-refractivity contribution in [3.05, 3.63) is 0 Å². The van der Waals surface area contributed by atoms with E-state index in [2.05, 4.69) is 0 Å². The predicted octanol–water partition coefficient (Wildman–Crippen LogP) is 0.591. The topological polar surface area (TPSA) is 66.6 Å². The Kier molecular flexibility index (Phi) is 5.83. The van der Waals surface area contributed by atoms with Crippen LogP contribution in [0.1, 0.15) is 33.6 Å². The van der Waals surface area contributed by atoms with Gasteiger partial charge in [0.05, 0.1) is 18.1 Å². The zero-order valence-electron chi connectivity index (χ0n) is 10.3. The fourth-order valence-corrected chi connectivity index (χ4v) is 1.63. The minimum atomic E-state index is -0.460. The first-order valence-electron chi connectivity index (χ1n) is 5.57. The van der Waals surface area contributed by atoms with E-state index in [1.165, 1.54) is 0 Å². The number of hydrogen-bond acceptors (Lipinski definition) is 3. The molecule has 0 saturated heterocycles. The molecule has 0 heterocycles. The van der Waals surface area contributed by atoms with Gasteiger partial charge in [0.2, 0.25) is 5.91 Å². The maximum absolute atomic E-state index is 12.2. The molecule has 0 saturated carbocycles. The molecule has 0 radical (unpaired) electrons. The van der Waals surface area contributed by atoms with Gasteiger partial charge in [-0.1, -0.05) is 13.8 Å². The summed E-state index contributed by atoms with van der Waals surface area (Å²) in [6.07, 6.45) is 1.47. The highest BCUT2D eigenvalue weighted by Gasteiger charge is 2.36. The van der Waals surface area contributed by atoms with Crippen LogP contribution in [0.15, 0.2) is 0 Å². The van der Waals surface area contributed by atoms with Crippen LogP contribution < -0.4 is 5.73 Å². The van der Waals surface area contributed by atoms with Crippen molar-refractivity contribution in [2.75, 3.05) is 20.2 Å². The molecule has 0 aromatic rings. The molecule has 3 N–H and O–H groups in total.